The topological polar surface area (TPSA) is 0 Å². The van der Waals surface area contributed by atoms with Gasteiger partial charge in [-0.05, 0) is 71.5 Å². The Labute approximate surface area is 513 Å². The molecule has 0 heterocycles. The molecule has 2 radical (unpaired) electrons. The number of halogens is 2. The van der Waals surface area contributed by atoms with Gasteiger partial charge in [0.15, 0.2) is 0 Å². The fourth-order valence-electron chi connectivity index (χ4n) is 9.05. The van der Waals surface area contributed by atoms with Crippen molar-refractivity contribution in [1.82, 2.24) is 0 Å². The van der Waals surface area contributed by atoms with E-state index in [-0.39, 0.29) is 39.0 Å². The number of hydrogen-bond donors (Lipinski definition) is 0. The van der Waals surface area contributed by atoms with Gasteiger partial charge in [0.1, 0.15) is 0 Å². The Kier molecular flexibility index (Phi) is 24.7. The molecule has 0 unspecified atom stereocenters. The van der Waals surface area contributed by atoms with Crippen molar-refractivity contribution in [2.24, 2.45) is 0 Å². The van der Waals surface area contributed by atoms with Crippen LogP contribution in [0.3, 0.4) is 0 Å². The van der Waals surface area contributed by atoms with Crippen molar-refractivity contribution in [2.45, 2.75) is 0 Å². The van der Waals surface area contributed by atoms with E-state index in [0.29, 0.717) is 0 Å². The standard InChI is InChI=1S/C18H15Cl2P.3C18H15P.2Rh/c19-21(20,16-10-4-1-5-11-16,17-12-6-2-7-13-17)18-14-8-3-9-15-18;3*1-4-10-16(11-5-1)19(17-12-6-2-7-13-17)18-14-8-3-9-15-18;;/h1-15H;3*1-15H;;. The smallest absolute Gasteiger partial charge is 0 e. The minimum absolute atomic E-state index is 0. The summed E-state index contributed by atoms with van der Waals surface area (Å²) in [5, 5.41) is 12.0. The zero-order valence-electron chi connectivity index (χ0n) is 43.9. The Morgan fingerprint density at radius 2 is 0.263 bits per heavy atom. The van der Waals surface area contributed by atoms with Gasteiger partial charge in [-0.1, -0.05) is 273 Å². The van der Waals surface area contributed by atoms with E-state index in [2.05, 4.69) is 273 Å². The molecule has 400 valence electrons. The van der Waals surface area contributed by atoms with Crippen molar-refractivity contribution >= 4 is 115 Å². The van der Waals surface area contributed by atoms with E-state index >= 15 is 0 Å². The molecule has 80 heavy (non-hydrogen) atoms. The van der Waals surface area contributed by atoms with E-state index in [0.717, 1.165) is 15.9 Å². The Morgan fingerprint density at radius 1 is 0.163 bits per heavy atom. The van der Waals surface area contributed by atoms with Crippen LogP contribution in [-0.2, 0) is 39.0 Å². The Balaban J connectivity index is 0.000000153. The van der Waals surface area contributed by atoms with Crippen molar-refractivity contribution in [3.8, 4) is 0 Å². The second-order valence-corrected chi connectivity index (χ2v) is 32.5. The van der Waals surface area contributed by atoms with E-state index in [9.17, 15) is 0 Å². The first kappa shape index (κ1) is 61.8. The van der Waals surface area contributed by atoms with Gasteiger partial charge < -0.3 is 0 Å². The van der Waals surface area contributed by atoms with E-state index in [1.165, 1.54) is 47.7 Å². The van der Waals surface area contributed by atoms with Crippen molar-refractivity contribution in [2.75, 3.05) is 0 Å². The molecular formula is C72H60Cl2P4Rh2. The maximum Gasteiger partial charge on any atom is 0 e. The van der Waals surface area contributed by atoms with Crippen LogP contribution in [0, 0.1) is 0 Å². The van der Waals surface area contributed by atoms with Crippen LogP contribution < -0.4 is 63.7 Å². The second-order valence-electron chi connectivity index (χ2n) is 17.9. The quantitative estimate of drug-likeness (QED) is 0.0845. The molecule has 0 saturated carbocycles. The van der Waals surface area contributed by atoms with Gasteiger partial charge in [0.2, 0.25) is 0 Å². The molecule has 0 bridgehead atoms. The fourth-order valence-corrected chi connectivity index (χ4v) is 21.0. The molecule has 0 atom stereocenters. The van der Waals surface area contributed by atoms with Crippen LogP contribution >= 0.6 is 51.6 Å². The van der Waals surface area contributed by atoms with Crippen LogP contribution in [0.15, 0.2) is 364 Å². The molecule has 0 nitrogen and oxygen atoms in total. The molecule has 0 aromatic heterocycles. The van der Waals surface area contributed by atoms with Crippen LogP contribution in [-0.4, -0.2) is 0 Å². The van der Waals surface area contributed by atoms with E-state index in [1.54, 1.807) is 0 Å². The molecule has 8 heteroatoms. The Bertz CT molecular complexity index is 2900. The molecular weight excluding hydrogens is 1270 g/mol. The Morgan fingerprint density at radius 3 is 0.375 bits per heavy atom. The van der Waals surface area contributed by atoms with Crippen LogP contribution in [0.5, 0.6) is 0 Å². The Hall–Kier alpha value is -5.81. The first-order valence-electron chi connectivity index (χ1n) is 25.9. The maximum absolute atomic E-state index is 7.27. The molecule has 12 rings (SSSR count). The van der Waals surface area contributed by atoms with Gasteiger partial charge in [-0.3, -0.25) is 0 Å². The molecule has 0 saturated heterocycles. The molecule has 0 N–H and O–H groups in total. The van der Waals surface area contributed by atoms with Gasteiger partial charge in [-0.15, -0.1) is 0 Å². The van der Waals surface area contributed by atoms with Gasteiger partial charge in [-0.2, -0.15) is 0 Å². The normalized spacial score (nSPS) is 11.0. The van der Waals surface area contributed by atoms with Crippen molar-refractivity contribution < 1.29 is 39.0 Å². The summed E-state index contributed by atoms with van der Waals surface area (Å²) < 4.78 is 0. The molecule has 0 spiro atoms. The maximum atomic E-state index is 7.27. The minimum Gasteiger partial charge on any atom is -0.0622 e. The summed E-state index contributed by atoms with van der Waals surface area (Å²) in [5.41, 5.74) is 0. The zero-order valence-corrected chi connectivity index (χ0v) is 52.2. The second kappa shape index (κ2) is 32.0. The number of rotatable bonds is 12. The van der Waals surface area contributed by atoms with E-state index < -0.39 is 29.1 Å². The average molecular weight is 1330 g/mol. The summed E-state index contributed by atoms with van der Waals surface area (Å²) in [5.74, 6) is 0. The van der Waals surface area contributed by atoms with Crippen LogP contribution in [0.4, 0.5) is 0 Å². The predicted molar refractivity (Wildman–Crippen MR) is 352 cm³/mol. The van der Waals surface area contributed by atoms with Gasteiger partial charge in [0.25, 0.3) is 0 Å². The summed E-state index contributed by atoms with van der Waals surface area (Å²) in [6.07, 6.45) is 0. The average Bonchev–Trinajstić information content (AvgIpc) is 3.72. The molecule has 0 fully saturated rings. The van der Waals surface area contributed by atoms with Gasteiger partial charge in [-0.25, -0.2) is 0 Å². The fraction of sp³-hybridized carbons (Fsp3) is 0. The molecule has 0 aliphatic rings. The van der Waals surface area contributed by atoms with Crippen molar-refractivity contribution in [3.63, 3.8) is 0 Å². The molecule has 12 aromatic carbocycles. The number of benzene rings is 12. The summed E-state index contributed by atoms with van der Waals surface area (Å²) in [7, 11) is -1.34. The summed E-state index contributed by atoms with van der Waals surface area (Å²) >= 11 is 14.5. The molecule has 0 aliphatic carbocycles. The SMILES string of the molecule is ClP(Cl)(c1ccccc1)(c1ccccc1)c1ccccc1.[Rh].[Rh].c1ccc(P(c2ccccc2)c2ccccc2)cc1.c1ccc(P(c2ccccc2)c2ccccc2)cc1.c1ccc(P(c2ccccc2)c2ccccc2)cc1. The first-order valence-corrected chi connectivity index (χ1v) is 34.0. The molecule has 0 amide bonds. The van der Waals surface area contributed by atoms with E-state index in [1.807, 2.05) is 91.0 Å². The van der Waals surface area contributed by atoms with Gasteiger partial charge >= 0.3 is 135 Å². The van der Waals surface area contributed by atoms with Crippen LogP contribution in [0.25, 0.3) is 0 Å². The summed E-state index contributed by atoms with van der Waals surface area (Å²) in [6.45, 7) is 0. The number of hydrogen-bond acceptors (Lipinski definition) is 0. The third-order valence-electron chi connectivity index (χ3n) is 12.8. The van der Waals surface area contributed by atoms with Gasteiger partial charge in [0, 0.05) is 39.0 Å². The summed E-state index contributed by atoms with van der Waals surface area (Å²) in [4.78, 5) is 0. The minimum atomic E-state index is -3.43. The van der Waals surface area contributed by atoms with Crippen molar-refractivity contribution in [1.29, 1.82) is 0 Å². The first-order chi connectivity index (χ1) is 38.5. The largest absolute Gasteiger partial charge is 0.0622 e. The molecule has 12 aromatic rings. The van der Waals surface area contributed by atoms with Crippen LogP contribution in [0.2, 0.25) is 0 Å². The summed E-state index contributed by atoms with van der Waals surface area (Å²) in [6, 6.07) is 127. The predicted octanol–water partition coefficient (Wildman–Crippen LogP) is 15.2. The monoisotopic (exact) mass is 1320 g/mol. The van der Waals surface area contributed by atoms with Gasteiger partial charge in [0.05, 0.1) is 0 Å². The van der Waals surface area contributed by atoms with E-state index in [4.69, 9.17) is 22.5 Å². The van der Waals surface area contributed by atoms with Crippen molar-refractivity contribution in [3.05, 3.63) is 364 Å². The zero-order chi connectivity index (χ0) is 53.5. The van der Waals surface area contributed by atoms with Crippen LogP contribution in [0.1, 0.15) is 0 Å². The third-order valence-corrected chi connectivity index (χ3v) is 27.2. The third kappa shape index (κ3) is 16.2. The molecule has 0 aliphatic heterocycles.